The fourth-order valence-electron chi connectivity index (χ4n) is 12.0. The molecular formula is C38H60. The Hall–Kier alpha value is -0.520. The SMILES string of the molecule is CC(C)C(C)CC1(C2C(C3=CC3)C2C2CCCC2)CCC1C1C(C)CC2CC(C/C=C\CC3CCC3C)C21. The van der Waals surface area contributed by atoms with E-state index in [1.54, 1.807) is 44.9 Å². The first-order valence-electron chi connectivity index (χ1n) is 17.7. The van der Waals surface area contributed by atoms with Gasteiger partial charge in [0.25, 0.3) is 0 Å². The molecule has 0 aliphatic heterocycles. The van der Waals surface area contributed by atoms with Gasteiger partial charge in [-0.15, -0.1) is 0 Å². The first kappa shape index (κ1) is 26.4. The Morgan fingerprint density at radius 1 is 0.816 bits per heavy atom. The van der Waals surface area contributed by atoms with Crippen LogP contribution in [0, 0.1) is 88.3 Å². The summed E-state index contributed by atoms with van der Waals surface area (Å²) >= 11 is 0. The first-order valence-corrected chi connectivity index (χ1v) is 17.7. The molecule has 38 heavy (non-hydrogen) atoms. The van der Waals surface area contributed by atoms with Crippen LogP contribution in [-0.4, -0.2) is 0 Å². The average Bonchev–Trinajstić information content (AvgIpc) is 3.76. The summed E-state index contributed by atoms with van der Waals surface area (Å²) in [6.45, 7) is 12.8. The third-order valence-corrected chi connectivity index (χ3v) is 14.8. The van der Waals surface area contributed by atoms with Gasteiger partial charge in [0.2, 0.25) is 0 Å². The first-order chi connectivity index (χ1) is 18.4. The zero-order valence-electron chi connectivity index (χ0n) is 25.7. The number of hydrogen-bond donors (Lipinski definition) is 0. The van der Waals surface area contributed by atoms with E-state index in [4.69, 9.17) is 0 Å². The molecule has 0 aromatic heterocycles. The Morgan fingerprint density at radius 2 is 1.55 bits per heavy atom. The van der Waals surface area contributed by atoms with Crippen molar-refractivity contribution >= 4 is 0 Å². The highest BCUT2D eigenvalue weighted by Gasteiger charge is 2.71. The van der Waals surface area contributed by atoms with Gasteiger partial charge in [-0.25, -0.2) is 0 Å². The summed E-state index contributed by atoms with van der Waals surface area (Å²) in [5, 5.41) is 0. The zero-order chi connectivity index (χ0) is 26.2. The largest absolute Gasteiger partial charge is 0.0882 e. The second kappa shape index (κ2) is 10.1. The van der Waals surface area contributed by atoms with Crippen molar-refractivity contribution in [1.82, 2.24) is 0 Å². The minimum Gasteiger partial charge on any atom is -0.0882 e. The summed E-state index contributed by atoms with van der Waals surface area (Å²) in [5.41, 5.74) is 2.61. The van der Waals surface area contributed by atoms with Gasteiger partial charge >= 0.3 is 0 Å². The van der Waals surface area contributed by atoms with E-state index < -0.39 is 0 Å². The molecule has 6 fully saturated rings. The second-order valence-electron chi connectivity index (χ2n) is 16.8. The van der Waals surface area contributed by atoms with Crippen molar-refractivity contribution in [3.63, 3.8) is 0 Å². The summed E-state index contributed by atoms with van der Waals surface area (Å²) < 4.78 is 0. The van der Waals surface area contributed by atoms with Crippen molar-refractivity contribution in [2.24, 2.45) is 88.3 Å². The summed E-state index contributed by atoms with van der Waals surface area (Å²) in [6.07, 6.45) is 29.0. The molecule has 0 N–H and O–H groups in total. The van der Waals surface area contributed by atoms with Crippen LogP contribution in [0.2, 0.25) is 0 Å². The lowest BCUT2D eigenvalue weighted by atomic mass is 9.45. The highest BCUT2D eigenvalue weighted by atomic mass is 14.8. The lowest BCUT2D eigenvalue weighted by Gasteiger charge is -2.59. The lowest BCUT2D eigenvalue weighted by Crippen LogP contribution is -2.52. The minimum atomic E-state index is 0.690. The van der Waals surface area contributed by atoms with Crippen LogP contribution in [-0.2, 0) is 0 Å². The quantitative estimate of drug-likeness (QED) is 0.240. The maximum absolute atomic E-state index is 2.70. The molecule has 0 aromatic carbocycles. The molecule has 0 bridgehead atoms. The highest BCUT2D eigenvalue weighted by Crippen LogP contribution is 2.77. The molecule has 0 amide bonds. The smallest absolute Gasteiger partial charge is 0.0129 e. The van der Waals surface area contributed by atoms with Crippen molar-refractivity contribution in [3.8, 4) is 0 Å². The van der Waals surface area contributed by atoms with E-state index >= 15 is 0 Å². The second-order valence-corrected chi connectivity index (χ2v) is 16.8. The molecule has 6 saturated carbocycles. The molecule has 0 radical (unpaired) electrons. The molecule has 0 heteroatoms. The van der Waals surface area contributed by atoms with Crippen LogP contribution >= 0.6 is 0 Å². The molecule has 7 aliphatic carbocycles. The Bertz CT molecular complexity index is 916. The molecule has 212 valence electrons. The molecule has 7 rings (SSSR count). The third kappa shape index (κ3) is 4.35. The monoisotopic (exact) mass is 516 g/mol. The van der Waals surface area contributed by atoms with Crippen LogP contribution in [0.5, 0.6) is 0 Å². The molecule has 7 aliphatic rings. The van der Waals surface area contributed by atoms with Gasteiger partial charge in [0.15, 0.2) is 0 Å². The van der Waals surface area contributed by atoms with Crippen LogP contribution in [0.25, 0.3) is 0 Å². The summed E-state index contributed by atoms with van der Waals surface area (Å²) in [6, 6.07) is 0. The van der Waals surface area contributed by atoms with E-state index in [-0.39, 0.29) is 0 Å². The molecular weight excluding hydrogens is 456 g/mol. The fraction of sp³-hybridized carbons (Fsp3) is 0.895. The Morgan fingerprint density at radius 3 is 2.13 bits per heavy atom. The van der Waals surface area contributed by atoms with E-state index in [1.807, 2.05) is 5.57 Å². The van der Waals surface area contributed by atoms with Gasteiger partial charge in [-0.3, -0.25) is 0 Å². The van der Waals surface area contributed by atoms with Crippen LogP contribution in [0.15, 0.2) is 23.8 Å². The predicted molar refractivity (Wildman–Crippen MR) is 162 cm³/mol. The van der Waals surface area contributed by atoms with Crippen LogP contribution < -0.4 is 0 Å². The maximum Gasteiger partial charge on any atom is -0.0129 e. The Labute approximate surface area is 236 Å². The van der Waals surface area contributed by atoms with Crippen LogP contribution in [0.3, 0.4) is 0 Å². The van der Waals surface area contributed by atoms with Gasteiger partial charge in [-0.1, -0.05) is 90.5 Å². The third-order valence-electron chi connectivity index (χ3n) is 14.8. The predicted octanol–water partition coefficient (Wildman–Crippen LogP) is 10.7. The van der Waals surface area contributed by atoms with Crippen LogP contribution in [0.4, 0.5) is 0 Å². The van der Waals surface area contributed by atoms with Gasteiger partial charge in [-0.2, -0.15) is 0 Å². The normalized spacial score (nSPS) is 50.4. The number of allylic oxidation sites excluding steroid dienone is 4. The number of rotatable bonds is 11. The average molecular weight is 517 g/mol. The molecule has 13 unspecified atom stereocenters. The molecule has 0 nitrogen and oxygen atoms in total. The molecule has 0 aromatic rings. The molecule has 0 heterocycles. The van der Waals surface area contributed by atoms with Crippen molar-refractivity contribution in [3.05, 3.63) is 23.8 Å². The maximum atomic E-state index is 2.70. The lowest BCUT2D eigenvalue weighted by molar-refractivity contribution is -0.105. The van der Waals surface area contributed by atoms with Crippen LogP contribution in [0.1, 0.15) is 125 Å². The van der Waals surface area contributed by atoms with Gasteiger partial charge in [0, 0.05) is 0 Å². The van der Waals surface area contributed by atoms with Gasteiger partial charge in [0.1, 0.15) is 0 Å². The Balaban J connectivity index is 1.10. The van der Waals surface area contributed by atoms with E-state index in [1.165, 1.54) is 44.9 Å². The highest BCUT2D eigenvalue weighted by molar-refractivity contribution is 5.35. The van der Waals surface area contributed by atoms with Crippen molar-refractivity contribution in [2.75, 3.05) is 0 Å². The molecule has 13 atom stereocenters. The molecule has 0 saturated heterocycles. The minimum absolute atomic E-state index is 0.690. The summed E-state index contributed by atoms with van der Waals surface area (Å²) in [7, 11) is 0. The van der Waals surface area contributed by atoms with Gasteiger partial charge < -0.3 is 0 Å². The van der Waals surface area contributed by atoms with E-state index in [2.05, 4.69) is 52.8 Å². The van der Waals surface area contributed by atoms with E-state index in [0.29, 0.717) is 5.41 Å². The number of hydrogen-bond acceptors (Lipinski definition) is 0. The standard InChI is InChI=1S/C38H60/c1-23(2)26(5)22-38(37-35(28-11-7-8-12-28)36(37)29-16-17-29)19-18-32(38)33-25(4)20-31-21-30(34(31)33)13-9-6-10-27-15-14-24(27)3/h6,9,16,23-28,30-37H,7-8,10-15,17-22H2,1-5H3/b9-6-. The van der Waals surface area contributed by atoms with Crippen molar-refractivity contribution in [1.29, 1.82) is 0 Å². The van der Waals surface area contributed by atoms with Crippen molar-refractivity contribution in [2.45, 2.75) is 125 Å². The zero-order valence-corrected chi connectivity index (χ0v) is 25.7. The van der Waals surface area contributed by atoms with Gasteiger partial charge in [0.05, 0.1) is 0 Å². The van der Waals surface area contributed by atoms with E-state index in [0.717, 1.165) is 82.9 Å². The summed E-state index contributed by atoms with van der Waals surface area (Å²) in [4.78, 5) is 0. The summed E-state index contributed by atoms with van der Waals surface area (Å²) in [5.74, 6) is 14.2. The topological polar surface area (TPSA) is 0 Å². The number of fused-ring (bicyclic) bond motifs is 1. The van der Waals surface area contributed by atoms with E-state index in [9.17, 15) is 0 Å². The molecule has 0 spiro atoms. The van der Waals surface area contributed by atoms with Crippen molar-refractivity contribution < 1.29 is 0 Å². The fourth-order valence-corrected chi connectivity index (χ4v) is 12.0. The van der Waals surface area contributed by atoms with Gasteiger partial charge in [-0.05, 0) is 146 Å². The Kier molecular flexibility index (Phi) is 7.00.